The highest BCUT2D eigenvalue weighted by atomic mass is 16.1. The van der Waals surface area contributed by atoms with Gasteiger partial charge in [0, 0.05) is 25.8 Å². The van der Waals surface area contributed by atoms with E-state index in [0.29, 0.717) is 18.1 Å². The van der Waals surface area contributed by atoms with Crippen LogP contribution in [0, 0.1) is 0 Å². The van der Waals surface area contributed by atoms with Crippen LogP contribution < -0.4 is 11.1 Å². The van der Waals surface area contributed by atoms with Crippen molar-refractivity contribution in [2.24, 2.45) is 0 Å². The van der Waals surface area contributed by atoms with Crippen LogP contribution in [-0.4, -0.2) is 45.7 Å². The van der Waals surface area contributed by atoms with Crippen LogP contribution >= 0.6 is 0 Å². The molecule has 2 aliphatic heterocycles. The maximum Gasteiger partial charge on any atom is 0.222 e. The number of nitrogens with two attached hydrogens (primary N) is 1. The average molecular weight is 471 g/mol. The molecule has 7 nitrogen and oxygen atoms in total. The molecule has 1 saturated heterocycles. The van der Waals surface area contributed by atoms with Gasteiger partial charge in [-0.3, -0.25) is 4.90 Å². The van der Waals surface area contributed by atoms with Gasteiger partial charge in [-0.1, -0.05) is 49.7 Å². The van der Waals surface area contributed by atoms with Gasteiger partial charge in [-0.15, -0.1) is 0 Å². The molecule has 0 aliphatic carbocycles. The summed E-state index contributed by atoms with van der Waals surface area (Å²) in [6.07, 6.45) is 9.53. The number of rotatable bonds is 9. The van der Waals surface area contributed by atoms with Crippen LogP contribution in [0.15, 0.2) is 42.6 Å². The van der Waals surface area contributed by atoms with Gasteiger partial charge < -0.3 is 20.7 Å². The first-order valence-corrected chi connectivity index (χ1v) is 12.7. The summed E-state index contributed by atoms with van der Waals surface area (Å²) in [6, 6.07) is 12.6. The monoisotopic (exact) mass is 470 g/mol. The van der Waals surface area contributed by atoms with Crippen molar-refractivity contribution in [3.63, 3.8) is 0 Å². The van der Waals surface area contributed by atoms with Gasteiger partial charge in [0.05, 0.1) is 11.3 Å². The minimum atomic E-state index is -0.484. The largest absolute Gasteiger partial charge is 0.370 e. The first-order chi connectivity index (χ1) is 17.2. The van der Waals surface area contributed by atoms with E-state index in [2.05, 4.69) is 68.4 Å². The molecule has 0 radical (unpaired) electrons. The Morgan fingerprint density at radius 2 is 1.77 bits per heavy atom. The predicted octanol–water partition coefficient (Wildman–Crippen LogP) is 4.75. The third-order valence-electron chi connectivity index (χ3n) is 7.07. The number of nitrogens with one attached hydrogen (secondary N) is 1. The summed E-state index contributed by atoms with van der Waals surface area (Å²) in [5, 5.41) is 5.91. The first kappa shape index (κ1) is 23.3. The molecule has 0 bridgehead atoms. The van der Waals surface area contributed by atoms with Crippen LogP contribution in [0.4, 0.5) is 11.8 Å². The van der Waals surface area contributed by atoms with Crippen molar-refractivity contribution in [3.05, 3.63) is 65.0 Å². The first-order valence-electron chi connectivity index (χ1n) is 12.7. The Hall–Kier alpha value is -3.45. The van der Waals surface area contributed by atoms with Crippen LogP contribution in [-0.2, 0) is 17.9 Å². The van der Waals surface area contributed by atoms with E-state index in [-0.39, 0.29) is 5.95 Å². The Morgan fingerprint density at radius 1 is 1.06 bits per heavy atom. The van der Waals surface area contributed by atoms with E-state index >= 15 is 0 Å². The van der Waals surface area contributed by atoms with Crippen molar-refractivity contribution in [2.45, 2.75) is 51.7 Å². The van der Waals surface area contributed by atoms with Gasteiger partial charge in [0.2, 0.25) is 5.95 Å². The van der Waals surface area contributed by atoms with E-state index in [9.17, 15) is 4.79 Å². The number of aldehydes is 1. The fourth-order valence-electron chi connectivity index (χ4n) is 5.24. The highest BCUT2D eigenvalue weighted by Gasteiger charge is 2.29. The fourth-order valence-corrected chi connectivity index (χ4v) is 5.24. The van der Waals surface area contributed by atoms with Crippen LogP contribution in [0.3, 0.4) is 0 Å². The molecule has 2 aromatic carbocycles. The third kappa shape index (κ3) is 4.86. The smallest absolute Gasteiger partial charge is 0.222 e. The summed E-state index contributed by atoms with van der Waals surface area (Å²) in [7, 11) is 0. The normalized spacial score (nSPS) is 17.6. The molecule has 182 valence electrons. The third-order valence-corrected chi connectivity index (χ3v) is 7.07. The van der Waals surface area contributed by atoms with Crippen molar-refractivity contribution in [2.75, 3.05) is 30.7 Å². The number of hydrogen-bond donors (Lipinski definition) is 2. The van der Waals surface area contributed by atoms with Gasteiger partial charge in [-0.05, 0) is 60.3 Å². The van der Waals surface area contributed by atoms with E-state index in [1.807, 2.05) is 12.3 Å². The summed E-state index contributed by atoms with van der Waals surface area (Å²) >= 11 is 0. The molecule has 0 amide bonds. The molecule has 2 aliphatic rings. The van der Waals surface area contributed by atoms with E-state index in [0.717, 1.165) is 37.8 Å². The summed E-state index contributed by atoms with van der Waals surface area (Å²) in [6.45, 7) is 6.87. The highest BCUT2D eigenvalue weighted by Crippen LogP contribution is 2.35. The summed E-state index contributed by atoms with van der Waals surface area (Å²) in [4.78, 5) is 25.9. The Balaban J connectivity index is 1.45. The Morgan fingerprint density at radius 3 is 2.46 bits per heavy atom. The predicted molar refractivity (Wildman–Crippen MR) is 142 cm³/mol. The summed E-state index contributed by atoms with van der Waals surface area (Å²) in [5.41, 5.74) is 10.0. The minimum absolute atomic E-state index is 0.213. The Kier molecular flexibility index (Phi) is 6.95. The second-order valence-electron chi connectivity index (χ2n) is 9.49. The van der Waals surface area contributed by atoms with Crippen LogP contribution in [0.1, 0.15) is 61.0 Å². The molecular weight excluding hydrogens is 436 g/mol. The highest BCUT2D eigenvalue weighted by molar-refractivity contribution is 5.89. The van der Waals surface area contributed by atoms with Crippen LogP contribution in [0.2, 0.25) is 0 Å². The lowest BCUT2D eigenvalue weighted by molar-refractivity contribution is -0.112. The number of carbonyl (C=O) groups excluding carboxylic acids is 1. The molecule has 1 fully saturated rings. The molecule has 1 atom stereocenters. The van der Waals surface area contributed by atoms with Gasteiger partial charge in [0.15, 0.2) is 0 Å². The number of nitrogens with zero attached hydrogens (tertiary/aromatic N) is 4. The quantitative estimate of drug-likeness (QED) is 0.345. The maximum absolute atomic E-state index is 12.4. The van der Waals surface area contributed by atoms with Gasteiger partial charge in [-0.25, -0.2) is 4.98 Å². The van der Waals surface area contributed by atoms with E-state index in [1.165, 1.54) is 47.8 Å². The number of benzene rings is 2. The molecule has 1 unspecified atom stereocenters. The van der Waals surface area contributed by atoms with Crippen molar-refractivity contribution in [3.8, 4) is 0 Å². The molecule has 3 heterocycles. The number of nitrogen functional groups attached to an aromatic ring is 1. The lowest BCUT2D eigenvalue weighted by Crippen LogP contribution is -2.29. The number of anilines is 2. The molecule has 5 rings (SSSR count). The van der Waals surface area contributed by atoms with Gasteiger partial charge in [0.25, 0.3) is 0 Å². The van der Waals surface area contributed by atoms with E-state index in [4.69, 9.17) is 5.73 Å². The maximum atomic E-state index is 12.4. The summed E-state index contributed by atoms with van der Waals surface area (Å²) < 4.78 is 0. The van der Waals surface area contributed by atoms with Crippen LogP contribution in [0.5, 0.6) is 0 Å². The second-order valence-corrected chi connectivity index (χ2v) is 9.49. The lowest BCUT2D eigenvalue weighted by atomic mass is 9.96. The zero-order chi connectivity index (χ0) is 24.2. The number of hydrogen-bond acceptors (Lipinski definition) is 7. The number of carbonyl (C=O) groups is 1. The number of fused-ring (bicyclic) bond motifs is 2. The zero-order valence-electron chi connectivity index (χ0n) is 20.4. The lowest BCUT2D eigenvalue weighted by Gasteiger charge is -2.32. The molecule has 1 aromatic heterocycles. The van der Waals surface area contributed by atoms with Gasteiger partial charge >= 0.3 is 0 Å². The van der Waals surface area contributed by atoms with Crippen molar-refractivity contribution < 1.29 is 4.79 Å². The number of likely N-dealkylation sites (tertiary alicyclic amines) is 1. The Labute approximate surface area is 207 Å². The van der Waals surface area contributed by atoms with Gasteiger partial charge in [0.1, 0.15) is 18.1 Å². The summed E-state index contributed by atoms with van der Waals surface area (Å²) in [5.74, 6) is 0.864. The standard InChI is InChI=1S/C28H34N6O/c1-2-3-13-30-27-26-24(31-28(29)32-27)12-16-34(25(26)19-35)18-21-11-10-20(17-33-14-6-7-15-33)22-8-4-5-9-23(21)22/h4-5,8-12,16,19,25H,2-3,6-7,13-15,17-18H2,1H3,(H3,29,30,31,32). The molecule has 0 spiro atoms. The number of aromatic nitrogens is 2. The molecule has 35 heavy (non-hydrogen) atoms. The van der Waals surface area contributed by atoms with Crippen molar-refractivity contribution in [1.82, 2.24) is 19.8 Å². The molecule has 7 heteroatoms. The minimum Gasteiger partial charge on any atom is -0.370 e. The average Bonchev–Trinajstić information content (AvgIpc) is 3.38. The van der Waals surface area contributed by atoms with E-state index in [1.54, 1.807) is 0 Å². The molecule has 3 aromatic rings. The number of unbranched alkanes of at least 4 members (excludes halogenated alkanes) is 1. The zero-order valence-corrected chi connectivity index (χ0v) is 20.4. The SMILES string of the molecule is CCCCNc1nc(N)nc2c1C(C=O)N(Cc1ccc(CN3CCCC3)c3ccccc13)C=C2. The topological polar surface area (TPSA) is 87.4 Å². The van der Waals surface area contributed by atoms with Gasteiger partial charge in [-0.2, -0.15) is 4.98 Å². The molecule has 3 N–H and O–H groups in total. The van der Waals surface area contributed by atoms with Crippen molar-refractivity contribution in [1.29, 1.82) is 0 Å². The molecule has 0 saturated carbocycles. The second kappa shape index (κ2) is 10.4. The van der Waals surface area contributed by atoms with E-state index < -0.39 is 6.04 Å². The molecular formula is C28H34N6O. The Bertz CT molecular complexity index is 1230. The fraction of sp³-hybridized carbons (Fsp3) is 0.393. The van der Waals surface area contributed by atoms with Crippen molar-refractivity contribution >= 4 is 34.9 Å². The van der Waals surface area contributed by atoms with Crippen LogP contribution in [0.25, 0.3) is 16.8 Å².